The number of carbonyl (C=O) groups is 1. The minimum absolute atomic E-state index is 0.0209. The van der Waals surface area contributed by atoms with Crippen molar-refractivity contribution in [2.24, 2.45) is 0 Å². The van der Waals surface area contributed by atoms with Gasteiger partial charge in [-0.1, -0.05) is 36.4 Å². The van der Waals surface area contributed by atoms with Crippen LogP contribution in [0.4, 0.5) is 0 Å². The summed E-state index contributed by atoms with van der Waals surface area (Å²) in [6.45, 7) is 1.27. The molecule has 5 heteroatoms. The fourth-order valence-electron chi connectivity index (χ4n) is 2.52. The van der Waals surface area contributed by atoms with E-state index < -0.39 is 0 Å². The van der Waals surface area contributed by atoms with Crippen LogP contribution in [-0.4, -0.2) is 28.0 Å². The lowest BCUT2D eigenvalue weighted by Crippen LogP contribution is -2.26. The van der Waals surface area contributed by atoms with E-state index in [1.54, 1.807) is 6.20 Å². The molecule has 0 unspecified atom stereocenters. The van der Waals surface area contributed by atoms with Crippen LogP contribution in [0.15, 0.2) is 78.0 Å². The summed E-state index contributed by atoms with van der Waals surface area (Å²) >= 11 is 1.81. The molecular weight excluding hydrogens is 330 g/mol. The molecule has 128 valence electrons. The smallest absolute Gasteiger partial charge is 0.251 e. The topological polar surface area (TPSA) is 46.9 Å². The van der Waals surface area contributed by atoms with Crippen LogP contribution in [0.2, 0.25) is 0 Å². The monoisotopic (exact) mass is 351 g/mol. The highest BCUT2D eigenvalue weighted by atomic mass is 32.2. The average Bonchev–Trinajstić information content (AvgIpc) is 3.16. The molecule has 0 radical (unpaired) electrons. The summed E-state index contributed by atoms with van der Waals surface area (Å²) in [5.41, 5.74) is 1.69. The quantitative estimate of drug-likeness (QED) is 0.495. The van der Waals surface area contributed by atoms with Crippen molar-refractivity contribution < 1.29 is 4.79 Å². The van der Waals surface area contributed by atoms with E-state index >= 15 is 0 Å². The predicted octanol–water partition coefficient (Wildman–Crippen LogP) is 3.84. The largest absolute Gasteiger partial charge is 0.352 e. The van der Waals surface area contributed by atoms with Gasteiger partial charge in [-0.2, -0.15) is 5.10 Å². The van der Waals surface area contributed by atoms with Gasteiger partial charge >= 0.3 is 0 Å². The van der Waals surface area contributed by atoms with Crippen LogP contribution < -0.4 is 5.32 Å². The van der Waals surface area contributed by atoms with Crippen molar-refractivity contribution >= 4 is 17.7 Å². The Hall–Kier alpha value is -2.53. The third-order valence-electron chi connectivity index (χ3n) is 3.77. The second kappa shape index (κ2) is 9.08. The van der Waals surface area contributed by atoms with Crippen LogP contribution in [0.5, 0.6) is 0 Å². The lowest BCUT2D eigenvalue weighted by molar-refractivity contribution is 0.0952. The Balaban J connectivity index is 1.48. The minimum atomic E-state index is -0.0209. The van der Waals surface area contributed by atoms with E-state index in [1.165, 1.54) is 4.90 Å². The molecule has 1 N–H and O–H groups in total. The lowest BCUT2D eigenvalue weighted by atomic mass is 10.1. The molecule has 0 atom stereocenters. The van der Waals surface area contributed by atoms with Gasteiger partial charge in [0.2, 0.25) is 0 Å². The van der Waals surface area contributed by atoms with Crippen LogP contribution in [0.3, 0.4) is 0 Å². The predicted molar refractivity (Wildman–Crippen MR) is 102 cm³/mol. The molecule has 0 aliphatic rings. The van der Waals surface area contributed by atoms with Crippen LogP contribution >= 0.6 is 11.8 Å². The first-order valence-corrected chi connectivity index (χ1v) is 9.33. The van der Waals surface area contributed by atoms with Gasteiger partial charge in [-0.25, -0.2) is 0 Å². The van der Waals surface area contributed by atoms with Crippen molar-refractivity contribution in [2.45, 2.75) is 17.9 Å². The molecule has 0 aliphatic carbocycles. The van der Waals surface area contributed by atoms with Gasteiger partial charge in [0.1, 0.15) is 0 Å². The number of carbonyl (C=O) groups excluding carboxylic acids is 1. The number of amides is 1. The number of benzene rings is 2. The fourth-order valence-corrected chi connectivity index (χ4v) is 3.40. The summed E-state index contributed by atoms with van der Waals surface area (Å²) in [6, 6.07) is 19.9. The normalized spacial score (nSPS) is 10.6. The molecule has 0 saturated heterocycles. The van der Waals surface area contributed by atoms with Gasteiger partial charge in [0.05, 0.1) is 6.54 Å². The summed E-state index contributed by atoms with van der Waals surface area (Å²) in [4.78, 5) is 13.7. The highest BCUT2D eigenvalue weighted by Gasteiger charge is 2.10. The van der Waals surface area contributed by atoms with Crippen LogP contribution in [0.25, 0.3) is 0 Å². The maximum Gasteiger partial charge on any atom is 0.251 e. The summed E-state index contributed by atoms with van der Waals surface area (Å²) in [5, 5.41) is 7.23. The van der Waals surface area contributed by atoms with E-state index in [2.05, 4.69) is 22.5 Å². The third-order valence-corrected chi connectivity index (χ3v) is 4.87. The van der Waals surface area contributed by atoms with E-state index in [9.17, 15) is 4.79 Å². The van der Waals surface area contributed by atoms with E-state index in [4.69, 9.17) is 0 Å². The number of hydrogen-bond acceptors (Lipinski definition) is 3. The zero-order valence-electron chi connectivity index (χ0n) is 14.0. The van der Waals surface area contributed by atoms with Crippen molar-refractivity contribution in [3.05, 3.63) is 84.2 Å². The first-order chi connectivity index (χ1) is 12.3. The van der Waals surface area contributed by atoms with Crippen molar-refractivity contribution in [1.82, 2.24) is 15.1 Å². The maximum absolute atomic E-state index is 12.5. The molecule has 1 aromatic heterocycles. The Morgan fingerprint density at radius 1 is 1.04 bits per heavy atom. The summed E-state index contributed by atoms with van der Waals surface area (Å²) in [5.74, 6) is 0.964. The van der Waals surface area contributed by atoms with Crippen molar-refractivity contribution in [3.8, 4) is 0 Å². The molecule has 1 heterocycles. The van der Waals surface area contributed by atoms with Gasteiger partial charge in [-0.3, -0.25) is 9.48 Å². The van der Waals surface area contributed by atoms with Gasteiger partial charge in [0, 0.05) is 29.4 Å². The molecule has 3 rings (SSSR count). The Morgan fingerprint density at radius 3 is 2.64 bits per heavy atom. The Bertz CT molecular complexity index is 788. The third kappa shape index (κ3) is 5.22. The Labute approximate surface area is 152 Å². The molecule has 0 fully saturated rings. The second-order valence-corrected chi connectivity index (χ2v) is 6.80. The van der Waals surface area contributed by atoms with Crippen molar-refractivity contribution in [2.75, 3.05) is 12.3 Å². The number of thioether (sulfide) groups is 1. The van der Waals surface area contributed by atoms with Crippen LogP contribution in [0, 0.1) is 0 Å². The van der Waals surface area contributed by atoms with Gasteiger partial charge in [0.25, 0.3) is 5.91 Å². The van der Waals surface area contributed by atoms with E-state index in [1.807, 2.05) is 71.2 Å². The SMILES string of the molecule is O=C(NCCCSc1ccccc1)c1ccccc1Cn1cccn1. The summed E-state index contributed by atoms with van der Waals surface area (Å²) in [7, 11) is 0. The van der Waals surface area contributed by atoms with Gasteiger partial charge in [-0.05, 0) is 42.0 Å². The second-order valence-electron chi connectivity index (χ2n) is 5.63. The molecule has 0 bridgehead atoms. The van der Waals surface area contributed by atoms with Gasteiger partial charge < -0.3 is 5.32 Å². The van der Waals surface area contributed by atoms with Crippen LogP contribution in [-0.2, 0) is 6.54 Å². The molecule has 1 amide bonds. The summed E-state index contributed by atoms with van der Waals surface area (Å²) in [6.07, 6.45) is 4.58. The zero-order valence-corrected chi connectivity index (χ0v) is 14.8. The number of hydrogen-bond donors (Lipinski definition) is 1. The molecule has 0 spiro atoms. The first-order valence-electron chi connectivity index (χ1n) is 8.34. The number of rotatable bonds is 8. The van der Waals surface area contributed by atoms with Gasteiger partial charge in [0.15, 0.2) is 0 Å². The van der Waals surface area contributed by atoms with E-state index in [0.29, 0.717) is 18.7 Å². The molecule has 2 aromatic carbocycles. The number of nitrogens with one attached hydrogen (secondary N) is 1. The first kappa shape index (κ1) is 17.3. The maximum atomic E-state index is 12.5. The van der Waals surface area contributed by atoms with Crippen LogP contribution in [0.1, 0.15) is 22.3 Å². The Kier molecular flexibility index (Phi) is 6.29. The molecule has 0 aliphatic heterocycles. The van der Waals surface area contributed by atoms with Crippen molar-refractivity contribution in [1.29, 1.82) is 0 Å². The molecule has 0 saturated carbocycles. The fraction of sp³-hybridized carbons (Fsp3) is 0.200. The van der Waals surface area contributed by atoms with E-state index in [-0.39, 0.29) is 5.91 Å². The zero-order chi connectivity index (χ0) is 17.3. The number of nitrogens with zero attached hydrogens (tertiary/aromatic N) is 2. The summed E-state index contributed by atoms with van der Waals surface area (Å²) < 4.78 is 1.82. The molecule has 4 nitrogen and oxygen atoms in total. The van der Waals surface area contributed by atoms with Gasteiger partial charge in [-0.15, -0.1) is 11.8 Å². The Morgan fingerprint density at radius 2 is 1.84 bits per heavy atom. The molecule has 25 heavy (non-hydrogen) atoms. The molecule has 3 aromatic rings. The van der Waals surface area contributed by atoms with E-state index in [0.717, 1.165) is 17.7 Å². The molecular formula is C20H21N3OS. The standard InChI is InChI=1S/C20H21N3OS/c24-20(21-12-7-15-25-18-9-2-1-3-10-18)19-11-5-4-8-17(19)16-23-14-6-13-22-23/h1-6,8-11,13-14H,7,12,15-16H2,(H,21,24). The highest BCUT2D eigenvalue weighted by Crippen LogP contribution is 2.17. The average molecular weight is 351 g/mol. The highest BCUT2D eigenvalue weighted by molar-refractivity contribution is 7.99. The minimum Gasteiger partial charge on any atom is -0.352 e. The van der Waals surface area contributed by atoms with Crippen molar-refractivity contribution in [3.63, 3.8) is 0 Å². The lowest BCUT2D eigenvalue weighted by Gasteiger charge is -2.10. The number of aromatic nitrogens is 2.